The van der Waals surface area contributed by atoms with E-state index in [1.54, 1.807) is 24.3 Å². The standard InChI is InChI=1S/C15H9ClFNO3/c16-10-5-3-6-11(17)14(10)15-12(18(19)20)8-9-4-1-2-7-13(9)21-15/h1-8,15H/t15-/m0/s1. The molecule has 0 fully saturated rings. The van der Waals surface area contributed by atoms with Crippen LogP contribution in [0.15, 0.2) is 48.2 Å². The summed E-state index contributed by atoms with van der Waals surface area (Å²) < 4.78 is 19.7. The molecule has 0 saturated heterocycles. The number of hydrogen-bond acceptors (Lipinski definition) is 3. The Kier molecular flexibility index (Phi) is 3.35. The van der Waals surface area contributed by atoms with Gasteiger partial charge in [0.1, 0.15) is 11.6 Å². The second kappa shape index (κ2) is 5.18. The first kappa shape index (κ1) is 13.6. The lowest BCUT2D eigenvalue weighted by atomic mass is 10.0. The quantitative estimate of drug-likeness (QED) is 0.616. The van der Waals surface area contributed by atoms with Gasteiger partial charge in [-0.3, -0.25) is 10.1 Å². The van der Waals surface area contributed by atoms with Crippen molar-refractivity contribution in [1.29, 1.82) is 0 Å². The SMILES string of the molecule is O=[N+]([O-])C1=Cc2ccccc2O[C@@H]1c1c(F)cccc1Cl. The van der Waals surface area contributed by atoms with Crippen molar-refractivity contribution < 1.29 is 14.1 Å². The first-order chi connectivity index (χ1) is 10.1. The number of nitrogens with zero attached hydrogens (tertiary/aromatic N) is 1. The predicted molar refractivity (Wildman–Crippen MR) is 76.2 cm³/mol. The van der Waals surface area contributed by atoms with Crippen molar-refractivity contribution in [3.05, 3.63) is 80.2 Å². The third kappa shape index (κ3) is 2.36. The summed E-state index contributed by atoms with van der Waals surface area (Å²) in [5, 5.41) is 11.4. The van der Waals surface area contributed by atoms with Crippen molar-refractivity contribution in [2.24, 2.45) is 0 Å². The summed E-state index contributed by atoms with van der Waals surface area (Å²) in [4.78, 5) is 10.7. The van der Waals surface area contributed by atoms with Crippen molar-refractivity contribution >= 4 is 17.7 Å². The van der Waals surface area contributed by atoms with Crippen LogP contribution >= 0.6 is 11.6 Å². The van der Waals surface area contributed by atoms with Gasteiger partial charge in [-0.2, -0.15) is 0 Å². The van der Waals surface area contributed by atoms with E-state index in [-0.39, 0.29) is 16.3 Å². The molecule has 0 N–H and O–H groups in total. The van der Waals surface area contributed by atoms with E-state index in [4.69, 9.17) is 16.3 Å². The van der Waals surface area contributed by atoms with E-state index in [0.29, 0.717) is 11.3 Å². The molecular formula is C15H9ClFNO3. The van der Waals surface area contributed by atoms with Gasteiger partial charge in [0.05, 0.1) is 15.5 Å². The van der Waals surface area contributed by atoms with E-state index >= 15 is 0 Å². The fourth-order valence-electron chi connectivity index (χ4n) is 2.25. The van der Waals surface area contributed by atoms with Crippen molar-refractivity contribution in [3.8, 4) is 5.75 Å². The van der Waals surface area contributed by atoms with E-state index in [9.17, 15) is 14.5 Å². The van der Waals surface area contributed by atoms with Crippen LogP contribution in [0, 0.1) is 15.9 Å². The van der Waals surface area contributed by atoms with E-state index in [1.807, 2.05) is 0 Å². The van der Waals surface area contributed by atoms with Crippen LogP contribution in [-0.2, 0) is 0 Å². The van der Waals surface area contributed by atoms with Crippen LogP contribution in [0.1, 0.15) is 17.2 Å². The highest BCUT2D eigenvalue weighted by atomic mass is 35.5. The van der Waals surface area contributed by atoms with Crippen LogP contribution in [0.5, 0.6) is 5.75 Å². The number of para-hydroxylation sites is 1. The number of hydrogen-bond donors (Lipinski definition) is 0. The second-order valence-corrected chi connectivity index (χ2v) is 4.90. The van der Waals surface area contributed by atoms with Crippen LogP contribution < -0.4 is 4.74 Å². The summed E-state index contributed by atoms with van der Waals surface area (Å²) in [5.74, 6) is -0.188. The normalized spacial score (nSPS) is 16.7. The van der Waals surface area contributed by atoms with Crippen LogP contribution in [0.3, 0.4) is 0 Å². The van der Waals surface area contributed by atoms with Crippen LogP contribution in [0.25, 0.3) is 6.08 Å². The number of halogens is 2. The largest absolute Gasteiger partial charge is 0.474 e. The summed E-state index contributed by atoms with van der Waals surface area (Å²) in [6.45, 7) is 0. The Hall–Kier alpha value is -2.40. The summed E-state index contributed by atoms with van der Waals surface area (Å²) in [7, 11) is 0. The molecule has 1 atom stereocenters. The fourth-order valence-corrected chi connectivity index (χ4v) is 2.51. The molecule has 0 spiro atoms. The number of rotatable bonds is 2. The minimum absolute atomic E-state index is 0.0309. The molecule has 106 valence electrons. The Morgan fingerprint density at radius 1 is 1.19 bits per heavy atom. The zero-order valence-electron chi connectivity index (χ0n) is 10.6. The van der Waals surface area contributed by atoms with Gasteiger partial charge in [0.15, 0.2) is 0 Å². The van der Waals surface area contributed by atoms with Gasteiger partial charge in [-0.05, 0) is 18.2 Å². The highest BCUT2D eigenvalue weighted by Crippen LogP contribution is 2.40. The number of fused-ring (bicyclic) bond motifs is 1. The Morgan fingerprint density at radius 3 is 2.67 bits per heavy atom. The lowest BCUT2D eigenvalue weighted by Gasteiger charge is -2.23. The van der Waals surface area contributed by atoms with Crippen molar-refractivity contribution in [3.63, 3.8) is 0 Å². The molecule has 0 unspecified atom stereocenters. The molecule has 21 heavy (non-hydrogen) atoms. The molecule has 0 aliphatic carbocycles. The predicted octanol–water partition coefficient (Wildman–Crippen LogP) is 4.23. The Morgan fingerprint density at radius 2 is 1.95 bits per heavy atom. The third-order valence-electron chi connectivity index (χ3n) is 3.21. The lowest BCUT2D eigenvalue weighted by Crippen LogP contribution is -2.21. The Labute approximate surface area is 124 Å². The first-order valence-electron chi connectivity index (χ1n) is 6.13. The van der Waals surface area contributed by atoms with Gasteiger partial charge in [-0.25, -0.2) is 4.39 Å². The molecule has 2 aromatic carbocycles. The number of ether oxygens (including phenoxy) is 1. The van der Waals surface area contributed by atoms with Gasteiger partial charge in [-0.1, -0.05) is 35.9 Å². The van der Waals surface area contributed by atoms with Gasteiger partial charge < -0.3 is 4.74 Å². The highest BCUT2D eigenvalue weighted by Gasteiger charge is 2.36. The summed E-state index contributed by atoms with van der Waals surface area (Å²) in [6.07, 6.45) is 0.204. The molecule has 0 bridgehead atoms. The van der Waals surface area contributed by atoms with E-state index in [1.165, 1.54) is 24.3 Å². The fraction of sp³-hybridized carbons (Fsp3) is 0.0667. The smallest absolute Gasteiger partial charge is 0.291 e. The van der Waals surface area contributed by atoms with Crippen molar-refractivity contribution in [2.45, 2.75) is 6.10 Å². The van der Waals surface area contributed by atoms with E-state index in [0.717, 1.165) is 0 Å². The van der Waals surface area contributed by atoms with E-state index < -0.39 is 16.8 Å². The molecule has 0 aromatic heterocycles. The summed E-state index contributed by atoms with van der Waals surface area (Å²) >= 11 is 5.99. The van der Waals surface area contributed by atoms with Gasteiger partial charge >= 0.3 is 0 Å². The Bertz CT molecular complexity index is 740. The molecule has 1 heterocycles. The molecule has 0 radical (unpaired) electrons. The highest BCUT2D eigenvalue weighted by molar-refractivity contribution is 6.31. The molecule has 1 aliphatic heterocycles. The molecule has 2 aromatic rings. The zero-order chi connectivity index (χ0) is 15.0. The maximum atomic E-state index is 14.0. The maximum absolute atomic E-state index is 14.0. The maximum Gasteiger partial charge on any atom is 0.291 e. The van der Waals surface area contributed by atoms with Gasteiger partial charge in [0, 0.05) is 11.6 Å². The van der Waals surface area contributed by atoms with Gasteiger partial charge in [0.25, 0.3) is 5.70 Å². The molecule has 0 saturated carbocycles. The second-order valence-electron chi connectivity index (χ2n) is 4.50. The van der Waals surface area contributed by atoms with Crippen LogP contribution in [0.4, 0.5) is 4.39 Å². The van der Waals surface area contributed by atoms with E-state index in [2.05, 4.69) is 0 Å². The lowest BCUT2D eigenvalue weighted by molar-refractivity contribution is -0.434. The zero-order valence-corrected chi connectivity index (χ0v) is 11.4. The van der Waals surface area contributed by atoms with Crippen LogP contribution in [0.2, 0.25) is 5.02 Å². The molecule has 3 rings (SSSR count). The van der Waals surface area contributed by atoms with Gasteiger partial charge in [-0.15, -0.1) is 0 Å². The first-order valence-corrected chi connectivity index (χ1v) is 6.51. The van der Waals surface area contributed by atoms with Gasteiger partial charge in [0.2, 0.25) is 6.10 Å². The average Bonchev–Trinajstić information content (AvgIpc) is 2.46. The molecule has 6 heteroatoms. The average molecular weight is 306 g/mol. The Balaban J connectivity index is 2.17. The number of nitro groups is 1. The monoisotopic (exact) mass is 305 g/mol. The summed E-state index contributed by atoms with van der Waals surface area (Å²) in [5.41, 5.74) is 0.297. The minimum atomic E-state index is -1.18. The molecule has 1 aliphatic rings. The topological polar surface area (TPSA) is 52.4 Å². The van der Waals surface area contributed by atoms with Crippen LogP contribution in [-0.4, -0.2) is 4.92 Å². The molecule has 0 amide bonds. The molecular weight excluding hydrogens is 297 g/mol. The third-order valence-corrected chi connectivity index (χ3v) is 3.54. The number of benzene rings is 2. The minimum Gasteiger partial charge on any atom is -0.474 e. The van der Waals surface area contributed by atoms with Crippen molar-refractivity contribution in [2.75, 3.05) is 0 Å². The summed E-state index contributed by atoms with van der Waals surface area (Å²) in [6, 6.07) is 11.0. The molecule has 4 nitrogen and oxygen atoms in total. The van der Waals surface area contributed by atoms with Crippen molar-refractivity contribution in [1.82, 2.24) is 0 Å².